The fourth-order valence-corrected chi connectivity index (χ4v) is 2.36. The van der Waals surface area contributed by atoms with Crippen LogP contribution >= 0.6 is 0 Å². The van der Waals surface area contributed by atoms with Gasteiger partial charge < -0.3 is 4.90 Å². The molecule has 16 heavy (non-hydrogen) atoms. The van der Waals surface area contributed by atoms with Crippen LogP contribution in [-0.2, 0) is 0 Å². The summed E-state index contributed by atoms with van der Waals surface area (Å²) in [6.45, 7) is 5.52. The number of rotatable bonds is 1. The molecule has 1 aromatic carbocycles. The second-order valence-electron chi connectivity index (χ2n) is 4.90. The molecule has 0 aromatic heterocycles. The lowest BCUT2D eigenvalue weighted by Gasteiger charge is -2.38. The Kier molecular flexibility index (Phi) is 3.28. The Labute approximate surface area is 97.8 Å². The van der Waals surface area contributed by atoms with E-state index in [0.29, 0.717) is 17.8 Å². The van der Waals surface area contributed by atoms with E-state index in [0.717, 1.165) is 12.1 Å². The highest BCUT2D eigenvalue weighted by atomic mass is 15.2. The van der Waals surface area contributed by atoms with Gasteiger partial charge in [-0.2, -0.15) is 0 Å². The maximum Gasteiger partial charge on any atom is 0.128 e. The number of amidine groups is 1. The van der Waals surface area contributed by atoms with E-state index < -0.39 is 0 Å². The molecule has 0 aliphatic carbocycles. The Morgan fingerprint density at radius 1 is 1.19 bits per heavy atom. The highest BCUT2D eigenvalue weighted by Gasteiger charge is 2.25. The van der Waals surface area contributed by atoms with Crippen molar-refractivity contribution in [2.75, 3.05) is 6.54 Å². The van der Waals surface area contributed by atoms with Gasteiger partial charge in [0.05, 0.1) is 0 Å². The summed E-state index contributed by atoms with van der Waals surface area (Å²) >= 11 is 0. The first-order valence-electron chi connectivity index (χ1n) is 6.09. The van der Waals surface area contributed by atoms with Gasteiger partial charge in [0.25, 0.3) is 0 Å². The molecule has 2 heteroatoms. The van der Waals surface area contributed by atoms with Gasteiger partial charge >= 0.3 is 0 Å². The Hall–Kier alpha value is -1.31. The smallest absolute Gasteiger partial charge is 0.128 e. The van der Waals surface area contributed by atoms with Gasteiger partial charge in [0.15, 0.2) is 0 Å². The summed E-state index contributed by atoms with van der Waals surface area (Å²) in [6.07, 6.45) is 2.50. The molecule has 2 unspecified atom stereocenters. The zero-order chi connectivity index (χ0) is 11.5. The summed E-state index contributed by atoms with van der Waals surface area (Å²) in [5.41, 5.74) is 1.03. The Morgan fingerprint density at radius 3 is 2.56 bits per heavy atom. The van der Waals surface area contributed by atoms with Crippen LogP contribution in [-0.4, -0.2) is 23.3 Å². The minimum atomic E-state index is 0.504. The van der Waals surface area contributed by atoms with E-state index >= 15 is 0 Å². The molecule has 1 aliphatic heterocycles. The fourth-order valence-electron chi connectivity index (χ4n) is 2.36. The Bertz CT molecular complexity index is 358. The van der Waals surface area contributed by atoms with Crippen LogP contribution in [0.2, 0.25) is 0 Å². The predicted molar refractivity (Wildman–Crippen MR) is 67.8 cm³/mol. The molecule has 0 saturated carbocycles. The molecule has 2 nitrogen and oxygen atoms in total. The molecule has 1 aromatic rings. The summed E-state index contributed by atoms with van der Waals surface area (Å²) in [5, 5.41) is 8.27. The van der Waals surface area contributed by atoms with Crippen molar-refractivity contribution in [3.63, 3.8) is 0 Å². The summed E-state index contributed by atoms with van der Waals surface area (Å²) in [7, 11) is 0. The largest absolute Gasteiger partial charge is 0.354 e. The molecule has 0 amide bonds. The van der Waals surface area contributed by atoms with E-state index in [1.807, 2.05) is 30.3 Å². The van der Waals surface area contributed by atoms with Gasteiger partial charge in [-0.05, 0) is 25.7 Å². The van der Waals surface area contributed by atoms with Crippen molar-refractivity contribution >= 4 is 5.84 Å². The number of benzene rings is 1. The second-order valence-corrected chi connectivity index (χ2v) is 4.90. The number of likely N-dealkylation sites (tertiary alicyclic amines) is 1. The molecule has 1 heterocycles. The maximum atomic E-state index is 8.27. The number of hydrogen-bond donors (Lipinski definition) is 1. The molecule has 1 fully saturated rings. The molecule has 86 valence electrons. The first-order valence-corrected chi connectivity index (χ1v) is 6.09. The third kappa shape index (κ3) is 2.26. The first-order chi connectivity index (χ1) is 7.68. The third-order valence-electron chi connectivity index (χ3n) is 3.45. The van der Waals surface area contributed by atoms with Gasteiger partial charge in [-0.3, -0.25) is 5.41 Å². The predicted octanol–water partition coefficient (Wildman–Crippen LogP) is 3.13. The van der Waals surface area contributed by atoms with Crippen molar-refractivity contribution in [1.82, 2.24) is 4.90 Å². The minimum Gasteiger partial charge on any atom is -0.354 e. The van der Waals surface area contributed by atoms with Gasteiger partial charge in [0, 0.05) is 18.2 Å². The Balaban J connectivity index is 2.15. The van der Waals surface area contributed by atoms with Crippen LogP contribution in [0.15, 0.2) is 30.3 Å². The van der Waals surface area contributed by atoms with Crippen LogP contribution in [0.3, 0.4) is 0 Å². The van der Waals surface area contributed by atoms with Crippen molar-refractivity contribution in [3.8, 4) is 0 Å². The van der Waals surface area contributed by atoms with Crippen LogP contribution in [0.4, 0.5) is 0 Å². The number of nitrogens with zero attached hydrogens (tertiary/aromatic N) is 1. The molecule has 2 atom stereocenters. The van der Waals surface area contributed by atoms with E-state index in [-0.39, 0.29) is 0 Å². The summed E-state index contributed by atoms with van der Waals surface area (Å²) in [5.74, 6) is 1.39. The number of hydrogen-bond acceptors (Lipinski definition) is 1. The zero-order valence-corrected chi connectivity index (χ0v) is 10.1. The minimum absolute atomic E-state index is 0.504. The van der Waals surface area contributed by atoms with E-state index in [1.165, 1.54) is 12.8 Å². The molecule has 1 N–H and O–H groups in total. The topological polar surface area (TPSA) is 27.1 Å². The van der Waals surface area contributed by atoms with Gasteiger partial charge in [0.1, 0.15) is 5.84 Å². The van der Waals surface area contributed by atoms with Gasteiger partial charge in [-0.1, -0.05) is 37.3 Å². The molecule has 1 saturated heterocycles. The van der Waals surface area contributed by atoms with E-state index in [9.17, 15) is 0 Å². The Morgan fingerprint density at radius 2 is 1.88 bits per heavy atom. The lowest BCUT2D eigenvalue weighted by molar-refractivity contribution is 0.206. The summed E-state index contributed by atoms with van der Waals surface area (Å²) < 4.78 is 0. The van der Waals surface area contributed by atoms with Crippen LogP contribution in [0.5, 0.6) is 0 Å². The average molecular weight is 216 g/mol. The van der Waals surface area contributed by atoms with Crippen LogP contribution in [0, 0.1) is 11.3 Å². The molecule has 2 rings (SSSR count). The summed E-state index contributed by atoms with van der Waals surface area (Å²) in [6, 6.07) is 10.6. The van der Waals surface area contributed by atoms with Crippen LogP contribution in [0.25, 0.3) is 0 Å². The van der Waals surface area contributed by atoms with Gasteiger partial charge in [-0.15, -0.1) is 0 Å². The first kappa shape index (κ1) is 11.2. The normalized spacial score (nSPS) is 25.5. The van der Waals surface area contributed by atoms with Crippen LogP contribution < -0.4 is 0 Å². The standard InChI is InChI=1S/C14H20N2/c1-11-8-9-12(2)16(10-11)14(15)13-6-4-3-5-7-13/h3-7,11-12,15H,8-10H2,1-2H3. The van der Waals surface area contributed by atoms with E-state index in [1.54, 1.807) is 0 Å². The highest BCUT2D eigenvalue weighted by Crippen LogP contribution is 2.23. The van der Waals surface area contributed by atoms with E-state index in [4.69, 9.17) is 5.41 Å². The van der Waals surface area contributed by atoms with Gasteiger partial charge in [-0.25, -0.2) is 0 Å². The quantitative estimate of drug-likeness (QED) is 0.566. The lowest BCUT2D eigenvalue weighted by atomic mass is 9.94. The lowest BCUT2D eigenvalue weighted by Crippen LogP contribution is -2.44. The van der Waals surface area contributed by atoms with Crippen molar-refractivity contribution in [2.24, 2.45) is 5.92 Å². The van der Waals surface area contributed by atoms with Crippen molar-refractivity contribution < 1.29 is 0 Å². The zero-order valence-electron chi connectivity index (χ0n) is 10.1. The molecule has 0 spiro atoms. The average Bonchev–Trinajstić information content (AvgIpc) is 2.32. The molecular formula is C14H20N2. The van der Waals surface area contributed by atoms with Crippen LogP contribution in [0.1, 0.15) is 32.3 Å². The van der Waals surface area contributed by atoms with Gasteiger partial charge in [0.2, 0.25) is 0 Å². The van der Waals surface area contributed by atoms with Crippen molar-refractivity contribution in [2.45, 2.75) is 32.7 Å². The van der Waals surface area contributed by atoms with E-state index in [2.05, 4.69) is 18.7 Å². The van der Waals surface area contributed by atoms with Crippen molar-refractivity contribution in [3.05, 3.63) is 35.9 Å². The highest BCUT2D eigenvalue weighted by molar-refractivity contribution is 5.96. The summed E-state index contributed by atoms with van der Waals surface area (Å²) in [4.78, 5) is 2.24. The molecule has 1 aliphatic rings. The van der Waals surface area contributed by atoms with Crippen molar-refractivity contribution in [1.29, 1.82) is 5.41 Å². The second kappa shape index (κ2) is 4.69. The SMILES string of the molecule is CC1CCC(C)N(C(=N)c2ccccc2)C1. The monoisotopic (exact) mass is 216 g/mol. The third-order valence-corrected chi connectivity index (χ3v) is 3.45. The number of nitrogens with one attached hydrogen (secondary N) is 1. The molecular weight excluding hydrogens is 196 g/mol. The fraction of sp³-hybridized carbons (Fsp3) is 0.500. The molecule has 0 bridgehead atoms. The number of piperidine rings is 1. The molecule has 0 radical (unpaired) electrons. The maximum absolute atomic E-state index is 8.27.